The Morgan fingerprint density at radius 2 is 1.65 bits per heavy atom. The normalized spacial score (nSPS) is 10.3. The molecule has 0 amide bonds. The van der Waals surface area contributed by atoms with Crippen LogP contribution in [0.25, 0.3) is 20.8 Å². The van der Waals surface area contributed by atoms with Crippen LogP contribution in [0.2, 0.25) is 0 Å². The molecule has 0 saturated heterocycles. The van der Waals surface area contributed by atoms with Crippen LogP contribution in [0.1, 0.15) is 27.7 Å². The maximum Gasteiger partial charge on any atom is 2.00 e. The number of halogens is 1. The molecule has 6 heteroatoms. The first-order valence-corrected chi connectivity index (χ1v) is 9.69. The maximum atomic E-state index is 4.86. The molecule has 0 aromatic heterocycles. The van der Waals surface area contributed by atoms with E-state index in [0.717, 1.165) is 37.4 Å². The monoisotopic (exact) mass is 439 g/mol. The van der Waals surface area contributed by atoms with E-state index >= 15 is 0 Å². The average molecular weight is 441 g/mol. The molecule has 26 heavy (non-hydrogen) atoms. The first-order valence-electron chi connectivity index (χ1n) is 8.87. The third-order valence-electron chi connectivity index (χ3n) is 4.60. The van der Waals surface area contributed by atoms with E-state index in [2.05, 4.69) is 73.6 Å². The molecule has 1 heterocycles. The maximum absolute atomic E-state index is 4.86. The minimum Gasteiger partial charge on any atom is -1.00 e. The van der Waals surface area contributed by atoms with Crippen molar-refractivity contribution < 1.29 is 31.9 Å². The fraction of sp³-hybridized carbons (Fsp3) is 0.400. The van der Waals surface area contributed by atoms with Crippen molar-refractivity contribution in [2.24, 2.45) is 0 Å². The summed E-state index contributed by atoms with van der Waals surface area (Å²) in [6.45, 7) is 12.9. The second-order valence-electron chi connectivity index (χ2n) is 5.86. The Morgan fingerprint density at radius 1 is 0.962 bits per heavy atom. The van der Waals surface area contributed by atoms with E-state index in [4.69, 9.17) is 4.98 Å². The average Bonchev–Trinajstić information content (AvgIpc) is 2.62. The summed E-state index contributed by atoms with van der Waals surface area (Å²) in [5.41, 5.74) is 3.45. The van der Waals surface area contributed by atoms with Crippen LogP contribution in [0.3, 0.4) is 0 Å². The molecule has 0 saturated carbocycles. The van der Waals surface area contributed by atoms with Gasteiger partial charge >= 0.3 is 19.5 Å². The number of benzene rings is 2. The van der Waals surface area contributed by atoms with Crippen LogP contribution in [0, 0.1) is 0 Å². The number of hydrogen-bond acceptors (Lipinski definition) is 3. The minimum atomic E-state index is 0. The van der Waals surface area contributed by atoms with Gasteiger partial charge in [-0.25, -0.2) is 9.56 Å². The molecule has 0 radical (unpaired) electrons. The van der Waals surface area contributed by atoms with Crippen LogP contribution >= 0.6 is 11.3 Å². The SMILES string of the molecule is CCN(CC)c1ccc2nc3ccc(=[N+](CC)CC)cc-3sc2c1.[Cl-].[Zn+2]. The Kier molecular flexibility index (Phi) is 9.16. The third-order valence-corrected chi connectivity index (χ3v) is 5.70. The summed E-state index contributed by atoms with van der Waals surface area (Å²) >= 11 is 1.84. The van der Waals surface area contributed by atoms with E-state index in [0.29, 0.717) is 0 Å². The predicted octanol–water partition coefficient (Wildman–Crippen LogP) is 1.06. The Morgan fingerprint density at radius 3 is 2.27 bits per heavy atom. The van der Waals surface area contributed by atoms with Crippen molar-refractivity contribution in [3.05, 3.63) is 41.8 Å². The summed E-state index contributed by atoms with van der Waals surface area (Å²) in [6, 6.07) is 13.2. The van der Waals surface area contributed by atoms with Gasteiger partial charge in [-0.1, -0.05) is 0 Å². The fourth-order valence-electron chi connectivity index (χ4n) is 3.17. The summed E-state index contributed by atoms with van der Waals surface area (Å²) in [5, 5.41) is 1.28. The molecule has 0 bridgehead atoms. The van der Waals surface area contributed by atoms with Crippen molar-refractivity contribution in [3.8, 4) is 10.6 Å². The van der Waals surface area contributed by atoms with Crippen molar-refractivity contribution in [1.82, 2.24) is 9.56 Å². The molecule has 0 unspecified atom stereocenters. The van der Waals surface area contributed by atoms with Gasteiger partial charge in [-0.2, -0.15) is 0 Å². The molecule has 3 nitrogen and oxygen atoms in total. The van der Waals surface area contributed by atoms with Gasteiger partial charge in [-0.15, -0.1) is 11.3 Å². The van der Waals surface area contributed by atoms with Crippen molar-refractivity contribution in [3.63, 3.8) is 0 Å². The van der Waals surface area contributed by atoms with Crippen LogP contribution < -0.4 is 27.2 Å². The van der Waals surface area contributed by atoms with Gasteiger partial charge in [-0.05, 0) is 52.0 Å². The zero-order valence-corrected chi connectivity index (χ0v) is 20.7. The van der Waals surface area contributed by atoms with E-state index in [1.165, 1.54) is 20.6 Å². The Bertz CT molecular complexity index is 884. The summed E-state index contributed by atoms with van der Waals surface area (Å²) in [7, 11) is 0. The van der Waals surface area contributed by atoms with Crippen molar-refractivity contribution >= 4 is 27.2 Å². The summed E-state index contributed by atoms with van der Waals surface area (Å²) in [6.07, 6.45) is 0. The van der Waals surface area contributed by atoms with Crippen LogP contribution in [0.4, 0.5) is 5.69 Å². The molecule has 1 aliphatic carbocycles. The van der Waals surface area contributed by atoms with Crippen molar-refractivity contribution in [2.45, 2.75) is 27.7 Å². The van der Waals surface area contributed by atoms with Gasteiger partial charge in [0.25, 0.3) is 0 Å². The molecule has 1 aliphatic heterocycles. The van der Waals surface area contributed by atoms with E-state index in [-0.39, 0.29) is 31.9 Å². The zero-order valence-electron chi connectivity index (χ0n) is 16.1. The molecule has 1 aromatic carbocycles. The van der Waals surface area contributed by atoms with E-state index in [1.807, 2.05) is 11.3 Å². The number of hydrogen-bond donors (Lipinski definition) is 0. The molecule has 134 valence electrons. The van der Waals surface area contributed by atoms with E-state index < -0.39 is 0 Å². The summed E-state index contributed by atoms with van der Waals surface area (Å²) < 4.78 is 3.63. The van der Waals surface area contributed by atoms with Crippen LogP contribution in [-0.4, -0.2) is 31.2 Å². The van der Waals surface area contributed by atoms with Crippen LogP contribution in [-0.2, 0) is 19.5 Å². The van der Waals surface area contributed by atoms with Crippen LogP contribution in [0.15, 0.2) is 36.4 Å². The second kappa shape index (κ2) is 10.3. The quantitative estimate of drug-likeness (QED) is 0.335. The zero-order chi connectivity index (χ0) is 17.1. The van der Waals surface area contributed by atoms with Gasteiger partial charge in [0.2, 0.25) is 5.36 Å². The van der Waals surface area contributed by atoms with Gasteiger partial charge in [0.1, 0.15) is 13.1 Å². The van der Waals surface area contributed by atoms with E-state index in [1.54, 1.807) is 0 Å². The molecule has 0 fully saturated rings. The molecule has 1 aromatic rings. The number of fused-ring (bicyclic) bond motifs is 2. The Balaban J connectivity index is 0.00000169. The first kappa shape index (κ1) is 23.0. The minimum absolute atomic E-state index is 0. The fourth-order valence-corrected chi connectivity index (χ4v) is 4.21. The molecule has 0 spiro atoms. The van der Waals surface area contributed by atoms with Gasteiger partial charge in [0, 0.05) is 30.9 Å². The predicted molar refractivity (Wildman–Crippen MR) is 106 cm³/mol. The summed E-state index contributed by atoms with van der Waals surface area (Å²) in [4.78, 5) is 8.49. The van der Waals surface area contributed by atoms with Gasteiger partial charge < -0.3 is 17.3 Å². The second-order valence-corrected chi connectivity index (χ2v) is 6.95. The third kappa shape index (κ3) is 4.62. The van der Waals surface area contributed by atoms with Crippen molar-refractivity contribution in [1.29, 1.82) is 0 Å². The number of rotatable bonds is 5. The van der Waals surface area contributed by atoms with E-state index in [9.17, 15) is 0 Å². The number of aromatic nitrogens is 1. The van der Waals surface area contributed by atoms with Gasteiger partial charge in [0.15, 0.2) is 0 Å². The molecule has 0 N–H and O–H groups in total. The van der Waals surface area contributed by atoms with Gasteiger partial charge in [0.05, 0.1) is 20.8 Å². The standard InChI is InChI=1S/C20H26N3S.ClH.Zn/c1-5-22(6-2)15-9-11-17-19(13-15)24-20-14-16(23(7-3)8-4)10-12-18(20)21-17;;/h9-14H,5-8H2,1-4H3;1H;/q+1;;+2/p-1. The topological polar surface area (TPSA) is 19.1 Å². The Labute approximate surface area is 179 Å². The summed E-state index contributed by atoms with van der Waals surface area (Å²) in [5.74, 6) is 0. The molecular formula is C20H26ClN3SZn+2. The first-order chi connectivity index (χ1) is 11.7. The number of nitrogens with zero attached hydrogens (tertiary/aromatic N) is 3. The number of anilines is 1. The molecule has 3 rings (SSSR count). The van der Waals surface area contributed by atoms with Crippen LogP contribution in [0.5, 0.6) is 0 Å². The molecule has 2 aliphatic rings. The van der Waals surface area contributed by atoms with Gasteiger partial charge in [-0.3, -0.25) is 0 Å². The van der Waals surface area contributed by atoms with Crippen molar-refractivity contribution in [2.75, 3.05) is 31.1 Å². The molecular weight excluding hydrogens is 415 g/mol. The largest absolute Gasteiger partial charge is 2.00 e. The molecule has 0 atom stereocenters. The Hall–Kier alpha value is -1.03. The smallest absolute Gasteiger partial charge is 1.00 e.